The van der Waals surface area contributed by atoms with E-state index in [1.54, 1.807) is 0 Å². The summed E-state index contributed by atoms with van der Waals surface area (Å²) in [5.41, 5.74) is 9.05. The molecule has 0 bridgehead atoms. The minimum Gasteiger partial charge on any atom is -0.436 e. The van der Waals surface area contributed by atoms with Crippen LogP contribution in [0.15, 0.2) is 142 Å². The van der Waals surface area contributed by atoms with E-state index in [1.807, 2.05) is 72.8 Å². The Morgan fingerprint density at radius 3 is 1.58 bits per heavy atom. The second kappa shape index (κ2) is 9.26. The number of oxazole rings is 2. The Bertz CT molecular complexity index is 2270. The van der Waals surface area contributed by atoms with Crippen LogP contribution in [0.1, 0.15) is 0 Å². The minimum absolute atomic E-state index is 0.586. The molecule has 6 nitrogen and oxygen atoms in total. The van der Waals surface area contributed by atoms with Crippen LogP contribution < -0.4 is 0 Å². The van der Waals surface area contributed by atoms with E-state index in [0.717, 1.165) is 72.2 Å². The molecule has 0 aliphatic rings. The lowest BCUT2D eigenvalue weighted by Gasteiger charge is -2.09. The number of fused-ring (bicyclic) bond motifs is 5. The maximum Gasteiger partial charge on any atom is 0.227 e. The zero-order valence-corrected chi connectivity index (χ0v) is 22.8. The Hall–Kier alpha value is -6.01. The molecule has 9 aromatic rings. The average Bonchev–Trinajstić information content (AvgIpc) is 3.78. The van der Waals surface area contributed by atoms with E-state index in [2.05, 4.69) is 65.2 Å². The van der Waals surface area contributed by atoms with E-state index in [9.17, 15) is 0 Å². The van der Waals surface area contributed by atoms with Crippen molar-refractivity contribution in [2.75, 3.05) is 0 Å². The van der Waals surface area contributed by atoms with Gasteiger partial charge in [0.25, 0.3) is 0 Å². The van der Waals surface area contributed by atoms with Crippen LogP contribution in [-0.4, -0.2) is 19.5 Å². The van der Waals surface area contributed by atoms with Gasteiger partial charge in [-0.1, -0.05) is 60.7 Å². The fourth-order valence-corrected chi connectivity index (χ4v) is 5.85. The minimum atomic E-state index is 0.586. The molecule has 5 aromatic carbocycles. The highest BCUT2D eigenvalue weighted by Gasteiger charge is 2.18. The Balaban J connectivity index is 1.29. The SMILES string of the molecule is c1ccc(-c2cccc(-n3c4ccc(-c5nc6ccccc6o5)cc4c4cc(-c5nc6ccccc6o5)ccc43)n2)cc1. The second-order valence-corrected chi connectivity index (χ2v) is 10.5. The maximum atomic E-state index is 6.14. The fraction of sp³-hybridized carbons (Fsp3) is 0. The molecule has 0 amide bonds. The van der Waals surface area contributed by atoms with Gasteiger partial charge in [0, 0.05) is 27.5 Å². The molecule has 0 unspecified atom stereocenters. The largest absolute Gasteiger partial charge is 0.436 e. The molecule has 202 valence electrons. The van der Waals surface area contributed by atoms with Gasteiger partial charge in [-0.15, -0.1) is 0 Å². The first-order valence-corrected chi connectivity index (χ1v) is 14.1. The van der Waals surface area contributed by atoms with E-state index in [4.69, 9.17) is 23.8 Å². The monoisotopic (exact) mass is 554 g/mol. The molecule has 4 heterocycles. The molecule has 0 atom stereocenters. The molecular weight excluding hydrogens is 532 g/mol. The molecule has 0 saturated heterocycles. The highest BCUT2D eigenvalue weighted by Crippen LogP contribution is 2.38. The van der Waals surface area contributed by atoms with Gasteiger partial charge >= 0.3 is 0 Å². The van der Waals surface area contributed by atoms with E-state index in [-0.39, 0.29) is 0 Å². The topological polar surface area (TPSA) is 69.9 Å². The lowest BCUT2D eigenvalue weighted by molar-refractivity contribution is 0.619. The van der Waals surface area contributed by atoms with Crippen LogP contribution in [0.3, 0.4) is 0 Å². The van der Waals surface area contributed by atoms with Crippen molar-refractivity contribution < 1.29 is 8.83 Å². The van der Waals surface area contributed by atoms with Gasteiger partial charge in [0.2, 0.25) is 11.8 Å². The summed E-state index contributed by atoms with van der Waals surface area (Å²) < 4.78 is 14.5. The summed E-state index contributed by atoms with van der Waals surface area (Å²) in [6.45, 7) is 0. The predicted octanol–water partition coefficient (Wildman–Crippen LogP) is 9.46. The fourth-order valence-electron chi connectivity index (χ4n) is 5.85. The van der Waals surface area contributed by atoms with Crippen molar-refractivity contribution in [3.63, 3.8) is 0 Å². The molecule has 9 rings (SSSR count). The van der Waals surface area contributed by atoms with Gasteiger partial charge in [-0.25, -0.2) is 15.0 Å². The number of benzene rings is 5. The molecule has 4 aromatic heterocycles. The molecule has 0 N–H and O–H groups in total. The van der Waals surface area contributed by atoms with Gasteiger partial charge in [0.15, 0.2) is 11.2 Å². The number of aromatic nitrogens is 4. The molecule has 0 radical (unpaired) electrons. The third-order valence-electron chi connectivity index (χ3n) is 7.88. The maximum absolute atomic E-state index is 6.14. The Labute approximate surface area is 245 Å². The molecule has 0 aliphatic heterocycles. The van der Waals surface area contributed by atoms with Crippen LogP contribution in [0.2, 0.25) is 0 Å². The van der Waals surface area contributed by atoms with Crippen molar-refractivity contribution in [2.45, 2.75) is 0 Å². The Morgan fingerprint density at radius 1 is 0.442 bits per heavy atom. The molecular formula is C37H22N4O2. The number of hydrogen-bond donors (Lipinski definition) is 0. The third kappa shape index (κ3) is 3.85. The summed E-state index contributed by atoms with van der Waals surface area (Å²) in [5, 5.41) is 2.11. The standard InChI is InChI=1S/C37H22N4O2/c1-2-9-23(10-3-1)28-13-8-16-35(38-28)41-31-19-17-24(36-39-29-11-4-6-14-33(29)42-36)21-26(31)27-22-25(18-20-32(27)41)37-40-30-12-5-7-15-34(30)43-37/h1-22H. The quantitative estimate of drug-likeness (QED) is 0.217. The molecule has 43 heavy (non-hydrogen) atoms. The van der Waals surface area contributed by atoms with Gasteiger partial charge in [0.05, 0.1) is 16.7 Å². The summed E-state index contributed by atoms with van der Waals surface area (Å²) in [6, 6.07) is 44.7. The van der Waals surface area contributed by atoms with Crippen LogP contribution in [0.5, 0.6) is 0 Å². The summed E-state index contributed by atoms with van der Waals surface area (Å²) >= 11 is 0. The van der Waals surface area contributed by atoms with Crippen molar-refractivity contribution in [3.05, 3.63) is 133 Å². The van der Waals surface area contributed by atoms with Gasteiger partial charge in [-0.2, -0.15) is 0 Å². The van der Waals surface area contributed by atoms with Crippen LogP contribution in [-0.2, 0) is 0 Å². The summed E-state index contributed by atoms with van der Waals surface area (Å²) in [7, 11) is 0. The predicted molar refractivity (Wildman–Crippen MR) is 170 cm³/mol. The number of pyridine rings is 1. The number of nitrogens with zero attached hydrogens (tertiary/aromatic N) is 4. The summed E-state index contributed by atoms with van der Waals surface area (Å²) in [4.78, 5) is 14.6. The van der Waals surface area contributed by atoms with E-state index in [1.165, 1.54) is 0 Å². The molecule has 0 spiro atoms. The lowest BCUT2D eigenvalue weighted by atomic mass is 10.1. The number of rotatable bonds is 4. The van der Waals surface area contributed by atoms with Crippen molar-refractivity contribution in [2.24, 2.45) is 0 Å². The normalized spacial score (nSPS) is 11.7. The molecule has 0 saturated carbocycles. The van der Waals surface area contributed by atoms with Crippen LogP contribution in [0.25, 0.3) is 84.0 Å². The Kier molecular flexibility index (Phi) is 5.10. The van der Waals surface area contributed by atoms with Crippen LogP contribution in [0.4, 0.5) is 0 Å². The van der Waals surface area contributed by atoms with Crippen LogP contribution >= 0.6 is 0 Å². The van der Waals surface area contributed by atoms with Crippen molar-refractivity contribution in [1.29, 1.82) is 0 Å². The van der Waals surface area contributed by atoms with Crippen molar-refractivity contribution in [1.82, 2.24) is 19.5 Å². The first-order chi connectivity index (χ1) is 21.3. The van der Waals surface area contributed by atoms with Gasteiger partial charge in [0.1, 0.15) is 16.9 Å². The van der Waals surface area contributed by atoms with E-state index in [0.29, 0.717) is 11.8 Å². The first kappa shape index (κ1) is 23.7. The van der Waals surface area contributed by atoms with Crippen molar-refractivity contribution >= 4 is 44.0 Å². The van der Waals surface area contributed by atoms with Crippen LogP contribution in [0, 0.1) is 0 Å². The highest BCUT2D eigenvalue weighted by molar-refractivity contribution is 6.11. The smallest absolute Gasteiger partial charge is 0.227 e. The number of para-hydroxylation sites is 4. The summed E-state index contributed by atoms with van der Waals surface area (Å²) in [5.74, 6) is 2.01. The van der Waals surface area contributed by atoms with E-state index < -0.39 is 0 Å². The lowest BCUT2D eigenvalue weighted by Crippen LogP contribution is -1.98. The third-order valence-corrected chi connectivity index (χ3v) is 7.88. The van der Waals surface area contributed by atoms with Gasteiger partial charge < -0.3 is 8.83 Å². The molecule has 6 heteroatoms. The first-order valence-electron chi connectivity index (χ1n) is 14.1. The zero-order chi connectivity index (χ0) is 28.3. The Morgan fingerprint density at radius 2 is 1.00 bits per heavy atom. The van der Waals surface area contributed by atoms with Gasteiger partial charge in [-0.05, 0) is 72.8 Å². The molecule has 0 aliphatic carbocycles. The highest BCUT2D eigenvalue weighted by atomic mass is 16.4. The second-order valence-electron chi connectivity index (χ2n) is 10.5. The zero-order valence-electron chi connectivity index (χ0n) is 22.8. The van der Waals surface area contributed by atoms with E-state index >= 15 is 0 Å². The average molecular weight is 555 g/mol. The molecule has 0 fully saturated rings. The number of hydrogen-bond acceptors (Lipinski definition) is 5. The van der Waals surface area contributed by atoms with Crippen molar-refractivity contribution in [3.8, 4) is 40.0 Å². The van der Waals surface area contributed by atoms with Gasteiger partial charge in [-0.3, -0.25) is 4.57 Å². The summed E-state index contributed by atoms with van der Waals surface area (Å²) in [6.07, 6.45) is 0.